The fourth-order valence-electron chi connectivity index (χ4n) is 1.01. The third-order valence-corrected chi connectivity index (χ3v) is 3.33. The third-order valence-electron chi connectivity index (χ3n) is 1.56. The number of aromatic nitrogens is 3. The SMILES string of the molecule is COCc1ncsc1-c1nnc(N)s1. The van der Waals surface area contributed by atoms with E-state index in [1.54, 1.807) is 12.6 Å². The fourth-order valence-corrected chi connectivity index (χ4v) is 2.52. The summed E-state index contributed by atoms with van der Waals surface area (Å²) >= 11 is 2.87. The first-order valence-corrected chi connectivity index (χ1v) is 5.51. The topological polar surface area (TPSA) is 73.9 Å². The first kappa shape index (κ1) is 9.50. The van der Waals surface area contributed by atoms with Gasteiger partial charge < -0.3 is 10.5 Å². The Bertz CT molecular complexity index is 425. The molecular weight excluding hydrogens is 220 g/mol. The van der Waals surface area contributed by atoms with Crippen LogP contribution in [0.2, 0.25) is 0 Å². The molecule has 0 amide bonds. The molecule has 0 fully saturated rings. The van der Waals surface area contributed by atoms with E-state index in [1.807, 2.05) is 0 Å². The Kier molecular flexibility index (Phi) is 2.71. The van der Waals surface area contributed by atoms with Gasteiger partial charge in [-0.2, -0.15) is 0 Å². The number of nitrogens with zero attached hydrogens (tertiary/aromatic N) is 3. The Labute approximate surface area is 88.6 Å². The van der Waals surface area contributed by atoms with Crippen molar-refractivity contribution in [2.45, 2.75) is 6.61 Å². The van der Waals surface area contributed by atoms with Gasteiger partial charge in [-0.05, 0) is 0 Å². The molecule has 0 bridgehead atoms. The van der Waals surface area contributed by atoms with Crippen LogP contribution in [0, 0.1) is 0 Å². The number of hydrogen-bond donors (Lipinski definition) is 1. The van der Waals surface area contributed by atoms with Crippen molar-refractivity contribution in [1.29, 1.82) is 0 Å². The van der Waals surface area contributed by atoms with Gasteiger partial charge in [0.15, 0.2) is 5.01 Å². The number of rotatable bonds is 3. The van der Waals surface area contributed by atoms with Gasteiger partial charge in [-0.15, -0.1) is 21.5 Å². The maximum atomic E-state index is 5.51. The van der Waals surface area contributed by atoms with E-state index in [0.717, 1.165) is 15.6 Å². The molecule has 7 heteroatoms. The van der Waals surface area contributed by atoms with E-state index >= 15 is 0 Å². The second-order valence-electron chi connectivity index (χ2n) is 2.51. The van der Waals surface area contributed by atoms with E-state index in [4.69, 9.17) is 10.5 Å². The molecule has 2 aromatic heterocycles. The minimum absolute atomic E-state index is 0.469. The Hall–Kier alpha value is -1.05. The summed E-state index contributed by atoms with van der Waals surface area (Å²) in [6.45, 7) is 0.484. The van der Waals surface area contributed by atoms with Crippen LogP contribution in [0.1, 0.15) is 5.69 Å². The normalized spacial score (nSPS) is 10.6. The lowest BCUT2D eigenvalue weighted by Gasteiger charge is -1.95. The average Bonchev–Trinajstić information content (AvgIpc) is 2.74. The second kappa shape index (κ2) is 3.99. The molecule has 0 aromatic carbocycles. The molecule has 2 N–H and O–H groups in total. The third kappa shape index (κ3) is 1.74. The molecule has 0 unspecified atom stereocenters. The van der Waals surface area contributed by atoms with Crippen molar-refractivity contribution in [3.8, 4) is 9.88 Å². The van der Waals surface area contributed by atoms with Gasteiger partial charge in [0, 0.05) is 7.11 Å². The van der Waals surface area contributed by atoms with Gasteiger partial charge in [0.05, 0.1) is 22.7 Å². The zero-order valence-corrected chi connectivity index (χ0v) is 9.06. The van der Waals surface area contributed by atoms with Crippen molar-refractivity contribution in [3.63, 3.8) is 0 Å². The van der Waals surface area contributed by atoms with Gasteiger partial charge in [0.25, 0.3) is 0 Å². The molecule has 14 heavy (non-hydrogen) atoms. The van der Waals surface area contributed by atoms with E-state index in [2.05, 4.69) is 15.2 Å². The second-order valence-corrected chi connectivity index (χ2v) is 4.37. The van der Waals surface area contributed by atoms with Gasteiger partial charge in [0.2, 0.25) is 5.13 Å². The van der Waals surface area contributed by atoms with Crippen LogP contribution in [-0.4, -0.2) is 22.3 Å². The van der Waals surface area contributed by atoms with Gasteiger partial charge in [-0.25, -0.2) is 4.98 Å². The first-order valence-electron chi connectivity index (χ1n) is 3.82. The highest BCUT2D eigenvalue weighted by molar-refractivity contribution is 7.22. The van der Waals surface area contributed by atoms with Crippen LogP contribution in [0.25, 0.3) is 9.88 Å². The number of nitrogen functional groups attached to an aromatic ring is 1. The lowest BCUT2D eigenvalue weighted by molar-refractivity contribution is 0.182. The van der Waals surface area contributed by atoms with Gasteiger partial charge >= 0.3 is 0 Å². The van der Waals surface area contributed by atoms with E-state index in [0.29, 0.717) is 11.7 Å². The number of nitrogens with two attached hydrogens (primary N) is 1. The summed E-state index contributed by atoms with van der Waals surface area (Å²) in [4.78, 5) is 5.17. The molecule has 2 rings (SSSR count). The van der Waals surface area contributed by atoms with E-state index in [1.165, 1.54) is 22.7 Å². The molecule has 0 radical (unpaired) electrons. The molecule has 2 heterocycles. The van der Waals surface area contributed by atoms with Crippen molar-refractivity contribution in [2.24, 2.45) is 0 Å². The van der Waals surface area contributed by atoms with Crippen LogP contribution >= 0.6 is 22.7 Å². The number of methoxy groups -OCH3 is 1. The van der Waals surface area contributed by atoms with Crippen molar-refractivity contribution in [2.75, 3.05) is 12.8 Å². The van der Waals surface area contributed by atoms with Crippen molar-refractivity contribution < 1.29 is 4.74 Å². The molecule has 74 valence electrons. The van der Waals surface area contributed by atoms with Crippen LogP contribution in [0.3, 0.4) is 0 Å². The predicted octanol–water partition coefficient (Wildman–Crippen LogP) is 1.39. The fraction of sp³-hybridized carbons (Fsp3) is 0.286. The molecule has 5 nitrogen and oxygen atoms in total. The van der Waals surface area contributed by atoms with Gasteiger partial charge in [-0.1, -0.05) is 11.3 Å². The van der Waals surface area contributed by atoms with E-state index < -0.39 is 0 Å². The highest BCUT2D eigenvalue weighted by atomic mass is 32.1. The summed E-state index contributed by atoms with van der Waals surface area (Å²) in [5.41, 5.74) is 8.15. The number of thiazole rings is 1. The highest BCUT2D eigenvalue weighted by Crippen LogP contribution is 2.31. The van der Waals surface area contributed by atoms with Crippen LogP contribution in [0.15, 0.2) is 5.51 Å². The minimum Gasteiger partial charge on any atom is -0.378 e. The van der Waals surface area contributed by atoms with E-state index in [-0.39, 0.29) is 0 Å². The van der Waals surface area contributed by atoms with Gasteiger partial charge in [-0.3, -0.25) is 0 Å². The summed E-state index contributed by atoms with van der Waals surface area (Å²) in [5.74, 6) is 0. The molecule has 0 aliphatic heterocycles. The summed E-state index contributed by atoms with van der Waals surface area (Å²) < 4.78 is 5.02. The predicted molar refractivity (Wildman–Crippen MR) is 56.1 cm³/mol. The largest absolute Gasteiger partial charge is 0.378 e. The zero-order chi connectivity index (χ0) is 9.97. The Morgan fingerprint density at radius 2 is 2.36 bits per heavy atom. The maximum absolute atomic E-state index is 5.51. The van der Waals surface area contributed by atoms with Crippen LogP contribution < -0.4 is 5.73 Å². The first-order chi connectivity index (χ1) is 6.81. The summed E-state index contributed by atoms with van der Waals surface area (Å²) in [7, 11) is 1.64. The molecule has 0 saturated carbocycles. The molecule has 0 saturated heterocycles. The Balaban J connectivity index is 2.36. The summed E-state index contributed by atoms with van der Waals surface area (Å²) in [5, 5.41) is 8.99. The maximum Gasteiger partial charge on any atom is 0.203 e. The lowest BCUT2D eigenvalue weighted by Crippen LogP contribution is -1.89. The number of hydrogen-bond acceptors (Lipinski definition) is 7. The summed E-state index contributed by atoms with van der Waals surface area (Å²) in [6.07, 6.45) is 0. The number of anilines is 1. The van der Waals surface area contributed by atoms with Crippen molar-refractivity contribution in [1.82, 2.24) is 15.2 Å². The van der Waals surface area contributed by atoms with E-state index in [9.17, 15) is 0 Å². The molecule has 0 atom stereocenters. The number of ether oxygens (including phenoxy) is 1. The quantitative estimate of drug-likeness (QED) is 0.859. The highest BCUT2D eigenvalue weighted by Gasteiger charge is 2.12. The van der Waals surface area contributed by atoms with Crippen molar-refractivity contribution in [3.05, 3.63) is 11.2 Å². The minimum atomic E-state index is 0.469. The molecule has 0 spiro atoms. The smallest absolute Gasteiger partial charge is 0.203 e. The zero-order valence-electron chi connectivity index (χ0n) is 7.43. The van der Waals surface area contributed by atoms with Crippen molar-refractivity contribution >= 4 is 27.8 Å². The molecule has 0 aliphatic rings. The molecule has 0 aliphatic carbocycles. The molecule has 2 aromatic rings. The van der Waals surface area contributed by atoms with Crippen LogP contribution in [-0.2, 0) is 11.3 Å². The lowest BCUT2D eigenvalue weighted by atomic mass is 10.4. The Morgan fingerprint density at radius 3 is 3.00 bits per heavy atom. The summed E-state index contributed by atoms with van der Waals surface area (Å²) in [6, 6.07) is 0. The standard InChI is InChI=1S/C7H8N4OS2/c1-12-2-4-5(13-3-9-4)6-10-11-7(8)14-6/h3H,2H2,1H3,(H2,8,11). The Morgan fingerprint density at radius 1 is 1.50 bits per heavy atom. The average molecular weight is 228 g/mol. The molecular formula is C7H8N4OS2. The monoisotopic (exact) mass is 228 g/mol. The van der Waals surface area contributed by atoms with Gasteiger partial charge in [0.1, 0.15) is 0 Å². The van der Waals surface area contributed by atoms with Crippen LogP contribution in [0.5, 0.6) is 0 Å². The van der Waals surface area contributed by atoms with Crippen LogP contribution in [0.4, 0.5) is 5.13 Å².